The first-order valence-corrected chi connectivity index (χ1v) is 13.5. The number of carboxylic acid groups (broad SMARTS) is 3. The molecule has 0 aromatic heterocycles. The van der Waals surface area contributed by atoms with Gasteiger partial charge in [0.15, 0.2) is 0 Å². The molecule has 3 N–H and O–H groups in total. The van der Waals surface area contributed by atoms with Gasteiger partial charge in [0.1, 0.15) is 0 Å². The van der Waals surface area contributed by atoms with E-state index in [0.29, 0.717) is 10.9 Å². The molecular weight excluding hydrogens is 335 g/mol. The molecule has 6 nitrogen and oxygen atoms in total. The van der Waals surface area contributed by atoms with Gasteiger partial charge in [-0.2, -0.15) is 0 Å². The molecule has 0 aliphatic carbocycles. The summed E-state index contributed by atoms with van der Waals surface area (Å²) >= 11 is -3.64. The standard InChI is InChI=1S/C4H9.3C2H3O2.Sn/c1-3-4-2;3*1-2(3)4;/h1,3-4H2,2H3;3*1H2,(H,3,4);. The molecule has 0 aliphatic rings. The van der Waals surface area contributed by atoms with Crippen LogP contribution in [0.1, 0.15) is 19.8 Å². The number of hydrogen-bond donors (Lipinski definition) is 3. The molecule has 0 atom stereocenters. The van der Waals surface area contributed by atoms with Crippen LogP contribution in [0, 0.1) is 0 Å². The Morgan fingerprint density at radius 2 is 1.24 bits per heavy atom. The molecule has 0 aromatic carbocycles. The molecule has 0 saturated carbocycles. The second-order valence-electron chi connectivity index (χ2n) is 4.32. The number of aliphatic carboxylic acids is 3. The molecule has 17 heavy (non-hydrogen) atoms. The SMILES string of the molecule is CCC[CH2][Sn]([CH2]C(=O)O)([CH2]C(=O)O)[CH2]C(=O)O. The molecule has 7 heteroatoms. The Labute approximate surface area is 104 Å². The molecule has 0 radical (unpaired) electrons. The second kappa shape index (κ2) is 7.52. The van der Waals surface area contributed by atoms with Gasteiger partial charge >= 0.3 is 104 Å². The van der Waals surface area contributed by atoms with Gasteiger partial charge in [-0.25, -0.2) is 0 Å². The molecule has 0 aliphatic heterocycles. The molecule has 0 spiro atoms. The van der Waals surface area contributed by atoms with Gasteiger partial charge in [0, 0.05) is 0 Å². The number of rotatable bonds is 9. The van der Waals surface area contributed by atoms with Crippen molar-refractivity contribution in [2.45, 2.75) is 37.5 Å². The van der Waals surface area contributed by atoms with Gasteiger partial charge in [0.05, 0.1) is 0 Å². The van der Waals surface area contributed by atoms with E-state index in [-0.39, 0.29) is 13.3 Å². The second-order valence-corrected chi connectivity index (χ2v) is 17.3. The van der Waals surface area contributed by atoms with E-state index >= 15 is 0 Å². The summed E-state index contributed by atoms with van der Waals surface area (Å²) in [6.45, 7) is 1.92. The summed E-state index contributed by atoms with van der Waals surface area (Å²) in [6.07, 6.45) is 1.53. The van der Waals surface area contributed by atoms with Crippen molar-refractivity contribution in [1.82, 2.24) is 0 Å². The van der Waals surface area contributed by atoms with Gasteiger partial charge in [-0.1, -0.05) is 0 Å². The van der Waals surface area contributed by atoms with Gasteiger partial charge < -0.3 is 0 Å². The maximum atomic E-state index is 10.8. The topological polar surface area (TPSA) is 112 Å². The zero-order chi connectivity index (χ0) is 13.5. The van der Waals surface area contributed by atoms with Crippen molar-refractivity contribution >= 4 is 36.3 Å². The fourth-order valence-corrected chi connectivity index (χ4v) is 13.2. The van der Waals surface area contributed by atoms with E-state index in [1.165, 1.54) is 0 Å². The molecule has 0 amide bonds. The Hall–Kier alpha value is -0.791. The predicted octanol–water partition coefficient (Wildman–Crippen LogP) is 1.49. The molecule has 0 aromatic rings. The molecule has 0 fully saturated rings. The summed E-state index contributed by atoms with van der Waals surface area (Å²) in [5, 5.41) is 26.5. The third kappa shape index (κ3) is 7.19. The third-order valence-electron chi connectivity index (χ3n) is 2.64. The van der Waals surface area contributed by atoms with Gasteiger partial charge in [-0.3, -0.25) is 0 Å². The van der Waals surface area contributed by atoms with E-state index in [0.717, 1.165) is 6.42 Å². The predicted molar refractivity (Wildman–Crippen MR) is 62.8 cm³/mol. The Balaban J connectivity index is 4.95. The molecule has 0 saturated heterocycles. The first kappa shape index (κ1) is 16.2. The van der Waals surface area contributed by atoms with Crippen molar-refractivity contribution in [3.63, 3.8) is 0 Å². The van der Waals surface area contributed by atoms with Gasteiger partial charge in [-0.15, -0.1) is 0 Å². The van der Waals surface area contributed by atoms with Gasteiger partial charge in [0.25, 0.3) is 0 Å². The molecule has 0 heterocycles. The fraction of sp³-hybridized carbons (Fsp3) is 0.700. The average molecular weight is 353 g/mol. The van der Waals surface area contributed by atoms with E-state index in [4.69, 9.17) is 15.3 Å². The first-order chi connectivity index (χ1) is 7.81. The van der Waals surface area contributed by atoms with Crippen LogP contribution < -0.4 is 0 Å². The summed E-state index contributed by atoms with van der Waals surface area (Å²) in [6, 6.07) is 0. The van der Waals surface area contributed by atoms with E-state index in [2.05, 4.69) is 0 Å². The summed E-state index contributed by atoms with van der Waals surface area (Å²) in [5.74, 6) is -3.21. The van der Waals surface area contributed by atoms with Crippen LogP contribution in [0.25, 0.3) is 0 Å². The monoisotopic (exact) mass is 354 g/mol. The zero-order valence-corrected chi connectivity index (χ0v) is 12.7. The first-order valence-electron chi connectivity index (χ1n) is 5.47. The Morgan fingerprint density at radius 3 is 1.47 bits per heavy atom. The van der Waals surface area contributed by atoms with Crippen molar-refractivity contribution in [3.8, 4) is 0 Å². The summed E-state index contributed by atoms with van der Waals surface area (Å²) < 4.78 is -0.135. The van der Waals surface area contributed by atoms with Crippen LogP contribution in [0.5, 0.6) is 0 Å². The van der Waals surface area contributed by atoms with E-state index in [1.807, 2.05) is 6.92 Å². The van der Waals surface area contributed by atoms with Crippen LogP contribution in [0.4, 0.5) is 0 Å². The summed E-state index contributed by atoms with van der Waals surface area (Å²) in [7, 11) is 0. The van der Waals surface area contributed by atoms with Crippen LogP contribution in [-0.2, 0) is 14.4 Å². The summed E-state index contributed by atoms with van der Waals surface area (Å²) in [4.78, 5) is 32.4. The number of hydrogen-bond acceptors (Lipinski definition) is 3. The van der Waals surface area contributed by atoms with Crippen LogP contribution >= 0.6 is 0 Å². The minimum atomic E-state index is -3.64. The van der Waals surface area contributed by atoms with E-state index in [9.17, 15) is 14.4 Å². The average Bonchev–Trinajstić information content (AvgIpc) is 2.11. The molecule has 0 unspecified atom stereocenters. The number of carboxylic acids is 3. The molecular formula is C10H18O6Sn. The molecule has 0 rings (SSSR count). The third-order valence-corrected chi connectivity index (χ3v) is 15.7. The normalized spacial score (nSPS) is 11.1. The van der Waals surface area contributed by atoms with Crippen molar-refractivity contribution in [1.29, 1.82) is 0 Å². The van der Waals surface area contributed by atoms with Crippen molar-refractivity contribution in [3.05, 3.63) is 0 Å². The Morgan fingerprint density at radius 1 is 0.882 bits per heavy atom. The van der Waals surface area contributed by atoms with E-state index < -0.39 is 36.3 Å². The van der Waals surface area contributed by atoms with Gasteiger partial charge in [0.2, 0.25) is 0 Å². The van der Waals surface area contributed by atoms with Crippen LogP contribution in [0.15, 0.2) is 0 Å². The van der Waals surface area contributed by atoms with Crippen LogP contribution in [0.3, 0.4) is 0 Å². The Bertz CT molecular complexity index is 260. The number of unbranched alkanes of at least 4 members (excludes halogenated alkanes) is 1. The van der Waals surface area contributed by atoms with Crippen molar-refractivity contribution in [2.24, 2.45) is 0 Å². The van der Waals surface area contributed by atoms with Crippen LogP contribution in [0.2, 0.25) is 17.7 Å². The van der Waals surface area contributed by atoms with Gasteiger partial charge in [-0.05, 0) is 0 Å². The maximum absolute atomic E-state index is 10.8. The summed E-state index contributed by atoms with van der Waals surface area (Å²) in [5.41, 5.74) is 0. The minimum absolute atomic E-state index is 0.215. The zero-order valence-electron chi connectivity index (χ0n) is 9.81. The van der Waals surface area contributed by atoms with E-state index in [1.54, 1.807) is 0 Å². The van der Waals surface area contributed by atoms with Crippen molar-refractivity contribution < 1.29 is 29.7 Å². The fourth-order valence-electron chi connectivity index (χ4n) is 1.97. The quantitative estimate of drug-likeness (QED) is 0.542. The molecule has 98 valence electrons. The Kier molecular flexibility index (Phi) is 7.17. The van der Waals surface area contributed by atoms with Crippen molar-refractivity contribution in [2.75, 3.05) is 0 Å². The van der Waals surface area contributed by atoms with Crippen LogP contribution in [-0.4, -0.2) is 51.6 Å². The number of carbonyl (C=O) groups is 3. The molecule has 0 bridgehead atoms.